The molecule has 1 aromatic heterocycles. The van der Waals surface area contributed by atoms with Crippen LogP contribution in [0.1, 0.15) is 35.4 Å². The molecule has 176 valence electrons. The lowest BCUT2D eigenvalue weighted by atomic mass is 9.98. The number of fused-ring (bicyclic) bond motifs is 3. The number of aromatic nitrogens is 1. The summed E-state index contributed by atoms with van der Waals surface area (Å²) in [7, 11) is -0.588. The highest BCUT2D eigenvalue weighted by molar-refractivity contribution is 7.85. The predicted molar refractivity (Wildman–Crippen MR) is 121 cm³/mol. The lowest BCUT2D eigenvalue weighted by molar-refractivity contribution is -0.00505. The van der Waals surface area contributed by atoms with Crippen LogP contribution in [0, 0.1) is 5.82 Å². The van der Waals surface area contributed by atoms with Gasteiger partial charge in [0.2, 0.25) is 0 Å². The summed E-state index contributed by atoms with van der Waals surface area (Å²) >= 11 is 6.24. The Morgan fingerprint density at radius 1 is 1.12 bits per heavy atom. The molecule has 3 aromatic rings. The smallest absolute Gasteiger partial charge is 0.264 e. The molecule has 2 aromatic carbocycles. The average molecular weight is 496 g/mol. The number of methoxy groups -OCH3 is 2. The molecule has 0 spiro atoms. The van der Waals surface area contributed by atoms with Crippen molar-refractivity contribution >= 4 is 21.7 Å². The first-order chi connectivity index (χ1) is 15.7. The van der Waals surface area contributed by atoms with E-state index < -0.39 is 28.1 Å². The second kappa shape index (κ2) is 9.34. The first-order valence-corrected chi connectivity index (χ1v) is 12.3. The Morgan fingerprint density at radius 3 is 2.61 bits per heavy atom. The van der Waals surface area contributed by atoms with Crippen molar-refractivity contribution in [3.8, 4) is 17.2 Å². The fourth-order valence-electron chi connectivity index (χ4n) is 4.09. The molecule has 0 saturated heterocycles. The molecule has 2 heterocycles. The Bertz CT molecular complexity index is 1280. The van der Waals surface area contributed by atoms with Gasteiger partial charge >= 0.3 is 0 Å². The van der Waals surface area contributed by atoms with Gasteiger partial charge in [0.15, 0.2) is 11.5 Å². The van der Waals surface area contributed by atoms with E-state index in [0.717, 1.165) is 6.26 Å². The third kappa shape index (κ3) is 4.72. The van der Waals surface area contributed by atoms with E-state index in [4.69, 9.17) is 30.0 Å². The molecule has 0 unspecified atom stereocenters. The molecule has 33 heavy (non-hydrogen) atoms. The number of nitrogens with zero attached hydrogens (tertiary/aromatic N) is 1. The van der Waals surface area contributed by atoms with Crippen molar-refractivity contribution in [1.82, 2.24) is 4.57 Å². The Labute approximate surface area is 196 Å². The summed E-state index contributed by atoms with van der Waals surface area (Å²) < 4.78 is 62.5. The van der Waals surface area contributed by atoms with Crippen molar-refractivity contribution in [3.63, 3.8) is 0 Å². The van der Waals surface area contributed by atoms with Crippen LogP contribution >= 0.6 is 11.6 Å². The number of hydrogen-bond acceptors (Lipinski definition) is 6. The van der Waals surface area contributed by atoms with Gasteiger partial charge in [-0.3, -0.25) is 4.18 Å². The van der Waals surface area contributed by atoms with Gasteiger partial charge in [0, 0.05) is 28.8 Å². The van der Waals surface area contributed by atoms with Crippen LogP contribution in [0.5, 0.6) is 11.5 Å². The van der Waals surface area contributed by atoms with Gasteiger partial charge < -0.3 is 18.8 Å². The summed E-state index contributed by atoms with van der Waals surface area (Å²) in [6, 6.07) is 11.8. The molecule has 2 atom stereocenters. The third-order valence-corrected chi connectivity index (χ3v) is 6.20. The normalized spacial score (nSPS) is 17.7. The number of hydrogen-bond donors (Lipinski definition) is 0. The minimum Gasteiger partial charge on any atom is -0.493 e. The molecular formula is C23H23ClFNO6S. The zero-order valence-electron chi connectivity index (χ0n) is 18.2. The summed E-state index contributed by atoms with van der Waals surface area (Å²) in [5.41, 5.74) is 2.05. The average Bonchev–Trinajstić information content (AvgIpc) is 3.18. The second-order valence-electron chi connectivity index (χ2n) is 7.53. The fraction of sp³-hybridized carbons (Fsp3) is 0.304. The molecular weight excluding hydrogens is 473 g/mol. The highest BCUT2D eigenvalue weighted by atomic mass is 35.5. The van der Waals surface area contributed by atoms with Gasteiger partial charge in [0.05, 0.1) is 38.5 Å². The van der Waals surface area contributed by atoms with Gasteiger partial charge in [-0.25, -0.2) is 4.39 Å². The summed E-state index contributed by atoms with van der Waals surface area (Å²) in [5.74, 6) is 0.413. The number of benzene rings is 2. The van der Waals surface area contributed by atoms with Crippen LogP contribution in [-0.2, 0) is 19.0 Å². The summed E-state index contributed by atoms with van der Waals surface area (Å²) in [6.07, 6.45) is 1.52. The molecule has 1 aliphatic heterocycles. The molecule has 0 saturated carbocycles. The van der Waals surface area contributed by atoms with Crippen LogP contribution in [0.25, 0.3) is 5.69 Å². The van der Waals surface area contributed by atoms with E-state index >= 15 is 4.39 Å². The Kier molecular flexibility index (Phi) is 6.67. The lowest BCUT2D eigenvalue weighted by Gasteiger charge is -2.25. The monoisotopic (exact) mass is 495 g/mol. The van der Waals surface area contributed by atoms with E-state index in [2.05, 4.69) is 0 Å². The number of ether oxygens (including phenoxy) is 3. The maximum atomic E-state index is 15.3. The molecule has 7 nitrogen and oxygen atoms in total. The van der Waals surface area contributed by atoms with E-state index in [1.165, 1.54) is 20.3 Å². The van der Waals surface area contributed by atoms with Gasteiger partial charge in [-0.2, -0.15) is 8.42 Å². The molecule has 0 bridgehead atoms. The molecule has 0 aliphatic carbocycles. The summed E-state index contributed by atoms with van der Waals surface area (Å²) in [5, 5.41) is 0.217. The van der Waals surface area contributed by atoms with Crippen LogP contribution in [0.15, 0.2) is 48.7 Å². The van der Waals surface area contributed by atoms with Gasteiger partial charge in [-0.1, -0.05) is 23.7 Å². The topological polar surface area (TPSA) is 76.0 Å². The maximum absolute atomic E-state index is 15.3. The Morgan fingerprint density at radius 2 is 1.91 bits per heavy atom. The second-order valence-corrected chi connectivity index (χ2v) is 9.61. The molecule has 0 amide bonds. The molecule has 10 heteroatoms. The van der Waals surface area contributed by atoms with Crippen molar-refractivity contribution in [2.45, 2.75) is 18.6 Å². The van der Waals surface area contributed by atoms with E-state index in [9.17, 15) is 8.42 Å². The minimum absolute atomic E-state index is 0.101. The Balaban J connectivity index is 1.89. The van der Waals surface area contributed by atoms with Crippen molar-refractivity contribution in [3.05, 3.63) is 76.3 Å². The summed E-state index contributed by atoms with van der Waals surface area (Å²) in [4.78, 5) is 0. The van der Waals surface area contributed by atoms with Crippen molar-refractivity contribution in [2.24, 2.45) is 0 Å². The highest BCUT2D eigenvalue weighted by Crippen LogP contribution is 2.47. The van der Waals surface area contributed by atoms with E-state index in [-0.39, 0.29) is 18.1 Å². The predicted octanol–water partition coefficient (Wildman–Crippen LogP) is 4.81. The molecule has 4 rings (SSSR count). The van der Waals surface area contributed by atoms with Gasteiger partial charge in [0.1, 0.15) is 18.0 Å². The minimum atomic E-state index is -3.63. The largest absolute Gasteiger partial charge is 0.493 e. The van der Waals surface area contributed by atoms with Crippen molar-refractivity contribution < 1.29 is 31.2 Å². The summed E-state index contributed by atoms with van der Waals surface area (Å²) in [6.45, 7) is -0.101. The van der Waals surface area contributed by atoms with Crippen LogP contribution in [0.3, 0.4) is 0 Å². The van der Waals surface area contributed by atoms with E-state index in [1.54, 1.807) is 47.2 Å². The Hall–Kier alpha value is -2.59. The van der Waals surface area contributed by atoms with Crippen LogP contribution in [0.2, 0.25) is 5.02 Å². The number of halogens is 2. The van der Waals surface area contributed by atoms with Gasteiger partial charge in [-0.05, 0) is 30.3 Å². The number of para-hydroxylation sites is 1. The molecule has 0 radical (unpaired) electrons. The van der Waals surface area contributed by atoms with E-state index in [1.807, 2.05) is 0 Å². The van der Waals surface area contributed by atoms with Crippen molar-refractivity contribution in [1.29, 1.82) is 0 Å². The first kappa shape index (κ1) is 23.6. The van der Waals surface area contributed by atoms with Crippen LogP contribution in [0.4, 0.5) is 4.39 Å². The number of rotatable bonds is 7. The highest BCUT2D eigenvalue weighted by Gasteiger charge is 2.34. The standard InChI is InChI=1S/C23H23ClFNO6S/c1-29-20-8-4-6-15(23(20)30-2)22-16-12-14(24)13-17(25)21(16)26-10-5-7-18(26)19(32-22)9-11-31-33(3,27)28/h4-8,10,12-13,19,22H,9,11H2,1-3H3/t19-,22-/m1/s1. The first-order valence-electron chi connectivity index (χ1n) is 10.1. The molecule has 0 fully saturated rings. The lowest BCUT2D eigenvalue weighted by Crippen LogP contribution is -2.15. The van der Waals surface area contributed by atoms with Crippen LogP contribution in [-0.4, -0.2) is 40.1 Å². The van der Waals surface area contributed by atoms with Crippen LogP contribution < -0.4 is 9.47 Å². The molecule has 0 N–H and O–H groups in total. The zero-order valence-corrected chi connectivity index (χ0v) is 19.8. The fourth-order valence-corrected chi connectivity index (χ4v) is 4.70. The van der Waals surface area contributed by atoms with Gasteiger partial charge in [0.25, 0.3) is 10.1 Å². The SMILES string of the molecule is COc1cccc([C@H]2O[C@H](CCOS(C)(=O)=O)c3cccn3-c3c(F)cc(Cl)cc32)c1OC. The maximum Gasteiger partial charge on any atom is 0.264 e. The van der Waals surface area contributed by atoms with Crippen molar-refractivity contribution in [2.75, 3.05) is 27.1 Å². The van der Waals surface area contributed by atoms with Gasteiger partial charge in [-0.15, -0.1) is 0 Å². The molecule has 1 aliphatic rings. The zero-order chi connectivity index (χ0) is 23.8. The van der Waals surface area contributed by atoms with E-state index in [0.29, 0.717) is 34.0 Å². The quantitative estimate of drug-likeness (QED) is 0.438. The third-order valence-electron chi connectivity index (χ3n) is 5.38.